The molecular formula is C25H44N2O3. The van der Waals surface area contributed by atoms with Crippen LogP contribution in [0.15, 0.2) is 0 Å². The minimum absolute atomic E-state index is 0.0166. The zero-order valence-electron chi connectivity index (χ0n) is 19.7. The highest BCUT2D eigenvalue weighted by atomic mass is 16.3. The van der Waals surface area contributed by atoms with Crippen LogP contribution in [-0.4, -0.2) is 35.1 Å². The van der Waals surface area contributed by atoms with Gasteiger partial charge in [-0.15, -0.1) is 0 Å². The third-order valence-electron chi connectivity index (χ3n) is 8.68. The molecule has 5 nitrogen and oxygen atoms in total. The van der Waals surface area contributed by atoms with Gasteiger partial charge in [0.1, 0.15) is 0 Å². The fourth-order valence-electron chi connectivity index (χ4n) is 6.77. The minimum Gasteiger partial charge on any atom is -0.392 e. The van der Waals surface area contributed by atoms with E-state index < -0.39 is 6.10 Å². The highest BCUT2D eigenvalue weighted by molar-refractivity contribution is 5.79. The predicted molar refractivity (Wildman–Crippen MR) is 120 cm³/mol. The third kappa shape index (κ3) is 4.87. The van der Waals surface area contributed by atoms with Crippen molar-refractivity contribution in [3.05, 3.63) is 0 Å². The van der Waals surface area contributed by atoms with Crippen LogP contribution in [0, 0.1) is 35.0 Å². The second-order valence-corrected chi connectivity index (χ2v) is 11.2. The molecule has 3 fully saturated rings. The number of aliphatic hydroxyl groups excluding tert-OH is 1. The van der Waals surface area contributed by atoms with Gasteiger partial charge in [0, 0.05) is 23.9 Å². The highest BCUT2D eigenvalue weighted by Crippen LogP contribution is 2.55. The van der Waals surface area contributed by atoms with Crippen molar-refractivity contribution < 1.29 is 14.7 Å². The van der Waals surface area contributed by atoms with E-state index in [-0.39, 0.29) is 58.9 Å². The van der Waals surface area contributed by atoms with Crippen molar-refractivity contribution in [2.24, 2.45) is 35.0 Å². The fraction of sp³-hybridized carbons (Fsp3) is 0.920. The van der Waals surface area contributed by atoms with E-state index in [2.05, 4.69) is 24.5 Å². The van der Waals surface area contributed by atoms with Gasteiger partial charge in [-0.25, -0.2) is 0 Å². The maximum Gasteiger partial charge on any atom is 0.223 e. The number of nitrogens with one attached hydrogen (secondary N) is 2. The summed E-state index contributed by atoms with van der Waals surface area (Å²) in [6.07, 6.45) is 9.08. The summed E-state index contributed by atoms with van der Waals surface area (Å²) < 4.78 is 0. The molecule has 5 heteroatoms. The van der Waals surface area contributed by atoms with E-state index in [1.165, 1.54) is 6.42 Å². The van der Waals surface area contributed by atoms with Gasteiger partial charge in [0.15, 0.2) is 0 Å². The van der Waals surface area contributed by atoms with E-state index in [1.54, 1.807) is 0 Å². The monoisotopic (exact) mass is 420 g/mol. The van der Waals surface area contributed by atoms with Crippen LogP contribution in [0.4, 0.5) is 0 Å². The van der Waals surface area contributed by atoms with Gasteiger partial charge in [0.05, 0.1) is 6.10 Å². The van der Waals surface area contributed by atoms with Gasteiger partial charge in [0.25, 0.3) is 0 Å². The van der Waals surface area contributed by atoms with Crippen molar-refractivity contribution in [1.29, 1.82) is 0 Å². The minimum atomic E-state index is -0.499. The van der Waals surface area contributed by atoms with E-state index in [9.17, 15) is 14.7 Å². The van der Waals surface area contributed by atoms with Crippen molar-refractivity contribution in [1.82, 2.24) is 10.6 Å². The van der Waals surface area contributed by atoms with Gasteiger partial charge >= 0.3 is 0 Å². The zero-order valence-corrected chi connectivity index (χ0v) is 19.7. The standard InChI is InChI=1S/C25H44N2O3/c1-15(2)26-23(29)16(3)19-11-13-25(5)14-12-20(17(4)21(25)22(19)28)27-24(30)18-9-7-6-8-10-18/h15-22,28H,6-14H2,1-5H3,(H,26,29)(H,27,30)/t16-,17+,19-,20-,21+,22-,25-/m0/s1. The topological polar surface area (TPSA) is 78.4 Å². The van der Waals surface area contributed by atoms with E-state index in [4.69, 9.17) is 0 Å². The molecule has 7 atom stereocenters. The summed E-state index contributed by atoms with van der Waals surface area (Å²) in [6, 6.07) is 0.240. The SMILES string of the molecule is CC(C)NC(=O)[C@@H](C)[C@@H]1CC[C@@]2(C)CC[C@H](NC(=O)C3CCCCC3)[C@@H](C)[C@@H]2[C@H]1O. The lowest BCUT2D eigenvalue weighted by Gasteiger charge is -2.56. The lowest BCUT2D eigenvalue weighted by molar-refractivity contribution is -0.144. The van der Waals surface area contributed by atoms with Gasteiger partial charge in [0.2, 0.25) is 11.8 Å². The highest BCUT2D eigenvalue weighted by Gasteiger charge is 2.54. The van der Waals surface area contributed by atoms with Crippen molar-refractivity contribution in [2.45, 2.75) is 111 Å². The Kier molecular flexibility index (Phi) is 7.53. The van der Waals surface area contributed by atoms with Crippen LogP contribution in [0.3, 0.4) is 0 Å². The predicted octanol–water partition coefficient (Wildman–Crippen LogP) is 4.04. The molecule has 0 aliphatic heterocycles. The maximum atomic E-state index is 12.9. The summed E-state index contributed by atoms with van der Waals surface area (Å²) in [6.45, 7) is 10.4. The van der Waals surface area contributed by atoms with Gasteiger partial charge in [-0.2, -0.15) is 0 Å². The molecule has 0 aromatic heterocycles. The van der Waals surface area contributed by atoms with Crippen molar-refractivity contribution >= 4 is 11.8 Å². The third-order valence-corrected chi connectivity index (χ3v) is 8.68. The van der Waals surface area contributed by atoms with Crippen LogP contribution >= 0.6 is 0 Å². The van der Waals surface area contributed by atoms with Crippen molar-refractivity contribution in [3.63, 3.8) is 0 Å². The van der Waals surface area contributed by atoms with Gasteiger partial charge in [-0.1, -0.05) is 40.0 Å². The molecule has 0 saturated heterocycles. The second-order valence-electron chi connectivity index (χ2n) is 11.2. The summed E-state index contributed by atoms with van der Waals surface area (Å²) in [5.74, 6) is 0.562. The quantitative estimate of drug-likeness (QED) is 0.628. The molecule has 3 rings (SSSR count). The number of aliphatic hydroxyl groups is 1. The van der Waals surface area contributed by atoms with E-state index in [0.717, 1.165) is 51.4 Å². The average molecular weight is 421 g/mol. The first-order valence-electron chi connectivity index (χ1n) is 12.4. The number of fused-ring (bicyclic) bond motifs is 1. The summed E-state index contributed by atoms with van der Waals surface area (Å²) in [7, 11) is 0. The Bertz CT molecular complexity index is 616. The Morgan fingerprint density at radius 2 is 1.63 bits per heavy atom. The normalized spacial score (nSPS) is 38.6. The number of hydrogen-bond acceptors (Lipinski definition) is 3. The van der Waals surface area contributed by atoms with Crippen LogP contribution < -0.4 is 10.6 Å². The number of hydrogen-bond donors (Lipinski definition) is 3. The Morgan fingerprint density at radius 3 is 2.27 bits per heavy atom. The fourth-order valence-corrected chi connectivity index (χ4v) is 6.77. The summed E-state index contributed by atoms with van der Waals surface area (Å²) in [5, 5.41) is 17.9. The molecule has 0 bridgehead atoms. The Hall–Kier alpha value is -1.10. The number of rotatable bonds is 5. The Balaban J connectivity index is 1.69. The molecule has 0 unspecified atom stereocenters. The van der Waals surface area contributed by atoms with E-state index in [1.807, 2.05) is 20.8 Å². The smallest absolute Gasteiger partial charge is 0.223 e. The van der Waals surface area contributed by atoms with Gasteiger partial charge in [-0.3, -0.25) is 9.59 Å². The molecule has 172 valence electrons. The molecule has 3 aliphatic carbocycles. The van der Waals surface area contributed by atoms with Crippen LogP contribution in [-0.2, 0) is 9.59 Å². The molecular weight excluding hydrogens is 376 g/mol. The van der Waals surface area contributed by atoms with Crippen LogP contribution in [0.2, 0.25) is 0 Å². The molecule has 0 aromatic carbocycles. The first kappa shape index (κ1) is 23.6. The molecule has 0 aromatic rings. The van der Waals surface area contributed by atoms with Gasteiger partial charge < -0.3 is 15.7 Å². The molecule has 3 N–H and O–H groups in total. The van der Waals surface area contributed by atoms with Crippen LogP contribution in [0.25, 0.3) is 0 Å². The first-order chi connectivity index (χ1) is 14.1. The first-order valence-corrected chi connectivity index (χ1v) is 12.4. The lowest BCUT2D eigenvalue weighted by Crippen LogP contribution is -2.59. The second kappa shape index (κ2) is 9.58. The van der Waals surface area contributed by atoms with Crippen molar-refractivity contribution in [2.75, 3.05) is 0 Å². The van der Waals surface area contributed by atoms with Crippen LogP contribution in [0.5, 0.6) is 0 Å². The molecule has 0 spiro atoms. The zero-order chi connectivity index (χ0) is 22.1. The molecule has 30 heavy (non-hydrogen) atoms. The van der Waals surface area contributed by atoms with Crippen molar-refractivity contribution in [3.8, 4) is 0 Å². The largest absolute Gasteiger partial charge is 0.392 e. The number of carbonyl (C=O) groups excluding carboxylic acids is 2. The lowest BCUT2D eigenvalue weighted by atomic mass is 9.51. The summed E-state index contributed by atoms with van der Waals surface area (Å²) in [5.41, 5.74) is 0.0929. The van der Waals surface area contributed by atoms with E-state index in [0.29, 0.717) is 0 Å². The van der Waals surface area contributed by atoms with Gasteiger partial charge in [-0.05, 0) is 75.5 Å². The van der Waals surface area contributed by atoms with Crippen LogP contribution in [0.1, 0.15) is 92.4 Å². The maximum absolute atomic E-state index is 12.9. The Morgan fingerprint density at radius 1 is 1.00 bits per heavy atom. The summed E-state index contributed by atoms with van der Waals surface area (Å²) in [4.78, 5) is 25.5. The number of amides is 2. The molecule has 0 radical (unpaired) electrons. The molecule has 3 aliphatic rings. The number of carbonyl (C=O) groups is 2. The molecule has 0 heterocycles. The molecule has 2 amide bonds. The average Bonchev–Trinajstić information content (AvgIpc) is 2.70. The Labute approximate surface area is 183 Å². The molecule has 3 saturated carbocycles. The van der Waals surface area contributed by atoms with E-state index >= 15 is 0 Å². The summed E-state index contributed by atoms with van der Waals surface area (Å²) >= 11 is 0.